The lowest BCUT2D eigenvalue weighted by atomic mass is 10.0. The highest BCUT2D eigenvalue weighted by Gasteiger charge is 2.16. The molecule has 0 amide bonds. The van der Waals surface area contributed by atoms with Crippen LogP contribution < -0.4 is 11.1 Å². The predicted molar refractivity (Wildman–Crippen MR) is 85.7 cm³/mol. The molecule has 114 valence electrons. The minimum Gasteiger partial charge on any atom is -0.390 e. The van der Waals surface area contributed by atoms with E-state index in [0.717, 1.165) is 19.3 Å². The first-order valence-electron chi connectivity index (χ1n) is 7.88. The van der Waals surface area contributed by atoms with E-state index in [1.165, 1.54) is 18.4 Å². The molecule has 2 atom stereocenters. The number of aliphatic hydroxyl groups excluding tert-OH is 1. The number of aliphatic hydroxyl groups is 1. The van der Waals surface area contributed by atoms with Crippen LogP contribution in [0, 0.1) is 0 Å². The Labute approximate surface area is 123 Å². The van der Waals surface area contributed by atoms with E-state index in [0.29, 0.717) is 12.6 Å². The third kappa shape index (κ3) is 6.51. The Balaban J connectivity index is 2.35. The third-order valence-corrected chi connectivity index (χ3v) is 3.70. The predicted octanol–water partition coefficient (Wildman–Crippen LogP) is 2.48. The molecule has 0 saturated carbocycles. The van der Waals surface area contributed by atoms with Crippen LogP contribution in [-0.2, 0) is 6.42 Å². The van der Waals surface area contributed by atoms with Crippen LogP contribution in [-0.4, -0.2) is 29.8 Å². The van der Waals surface area contributed by atoms with Gasteiger partial charge in [-0.3, -0.25) is 0 Å². The SMILES string of the molecule is CCCC(CCC)NC[C@@H](O)[C@@H](N)Cc1ccccc1. The molecule has 0 unspecified atom stereocenters. The van der Waals surface area contributed by atoms with E-state index in [2.05, 4.69) is 31.3 Å². The fourth-order valence-corrected chi connectivity index (χ4v) is 2.51. The average Bonchev–Trinajstić information content (AvgIpc) is 2.46. The summed E-state index contributed by atoms with van der Waals surface area (Å²) < 4.78 is 0. The lowest BCUT2D eigenvalue weighted by molar-refractivity contribution is 0.136. The molecule has 0 spiro atoms. The molecule has 3 nitrogen and oxygen atoms in total. The van der Waals surface area contributed by atoms with Crippen molar-refractivity contribution in [2.45, 2.75) is 64.1 Å². The zero-order valence-corrected chi connectivity index (χ0v) is 12.9. The highest BCUT2D eigenvalue weighted by Crippen LogP contribution is 2.07. The molecule has 1 aromatic rings. The van der Waals surface area contributed by atoms with Gasteiger partial charge in [0, 0.05) is 18.6 Å². The van der Waals surface area contributed by atoms with Gasteiger partial charge in [0.2, 0.25) is 0 Å². The molecule has 0 aromatic heterocycles. The number of nitrogens with two attached hydrogens (primary N) is 1. The molecule has 0 heterocycles. The molecule has 20 heavy (non-hydrogen) atoms. The van der Waals surface area contributed by atoms with Gasteiger partial charge in [-0.15, -0.1) is 0 Å². The van der Waals surface area contributed by atoms with Crippen LogP contribution in [0.4, 0.5) is 0 Å². The molecular weight excluding hydrogens is 248 g/mol. The second kappa shape index (κ2) is 9.92. The van der Waals surface area contributed by atoms with Gasteiger partial charge in [0.15, 0.2) is 0 Å². The fraction of sp³-hybridized carbons (Fsp3) is 0.647. The van der Waals surface area contributed by atoms with Crippen molar-refractivity contribution in [1.82, 2.24) is 5.32 Å². The summed E-state index contributed by atoms with van der Waals surface area (Å²) in [7, 11) is 0. The second-order valence-corrected chi connectivity index (χ2v) is 5.60. The van der Waals surface area contributed by atoms with Gasteiger partial charge in [-0.25, -0.2) is 0 Å². The van der Waals surface area contributed by atoms with Crippen LogP contribution in [0.1, 0.15) is 45.1 Å². The second-order valence-electron chi connectivity index (χ2n) is 5.60. The zero-order valence-electron chi connectivity index (χ0n) is 12.9. The lowest BCUT2D eigenvalue weighted by Crippen LogP contribution is -2.45. The van der Waals surface area contributed by atoms with Crippen molar-refractivity contribution in [3.63, 3.8) is 0 Å². The maximum absolute atomic E-state index is 10.2. The Hall–Kier alpha value is -0.900. The van der Waals surface area contributed by atoms with Crippen LogP contribution in [0.2, 0.25) is 0 Å². The molecule has 0 radical (unpaired) electrons. The molecule has 0 aliphatic carbocycles. The van der Waals surface area contributed by atoms with Crippen molar-refractivity contribution >= 4 is 0 Å². The molecule has 0 bridgehead atoms. The van der Waals surface area contributed by atoms with E-state index < -0.39 is 6.10 Å². The van der Waals surface area contributed by atoms with E-state index in [-0.39, 0.29) is 6.04 Å². The van der Waals surface area contributed by atoms with Crippen LogP contribution >= 0.6 is 0 Å². The molecule has 4 N–H and O–H groups in total. The van der Waals surface area contributed by atoms with Crippen molar-refractivity contribution in [2.24, 2.45) is 5.73 Å². The van der Waals surface area contributed by atoms with E-state index in [1.54, 1.807) is 0 Å². The molecule has 0 aliphatic rings. The molecule has 3 heteroatoms. The Morgan fingerprint density at radius 3 is 2.25 bits per heavy atom. The van der Waals surface area contributed by atoms with Crippen LogP contribution in [0.25, 0.3) is 0 Å². The number of hydrogen-bond donors (Lipinski definition) is 3. The Kier molecular flexibility index (Phi) is 8.51. The number of benzene rings is 1. The van der Waals surface area contributed by atoms with Crippen molar-refractivity contribution in [1.29, 1.82) is 0 Å². The average molecular weight is 278 g/mol. The van der Waals surface area contributed by atoms with E-state index >= 15 is 0 Å². The number of nitrogens with one attached hydrogen (secondary N) is 1. The van der Waals surface area contributed by atoms with Crippen molar-refractivity contribution < 1.29 is 5.11 Å². The smallest absolute Gasteiger partial charge is 0.0818 e. The first-order chi connectivity index (χ1) is 9.67. The van der Waals surface area contributed by atoms with Gasteiger partial charge >= 0.3 is 0 Å². The van der Waals surface area contributed by atoms with Gasteiger partial charge < -0.3 is 16.2 Å². The standard InChI is InChI=1S/C17H30N2O/c1-3-8-15(9-4-2)19-13-17(20)16(18)12-14-10-6-5-7-11-14/h5-7,10-11,15-17,19-20H,3-4,8-9,12-13,18H2,1-2H3/t16-,17+/m0/s1. The maximum Gasteiger partial charge on any atom is 0.0818 e. The quantitative estimate of drug-likeness (QED) is 0.616. The lowest BCUT2D eigenvalue weighted by Gasteiger charge is -2.23. The van der Waals surface area contributed by atoms with Crippen molar-refractivity contribution in [3.05, 3.63) is 35.9 Å². The summed E-state index contributed by atoms with van der Waals surface area (Å²) in [4.78, 5) is 0. The molecular formula is C17H30N2O. The van der Waals surface area contributed by atoms with Gasteiger partial charge in [0.25, 0.3) is 0 Å². The minimum absolute atomic E-state index is 0.214. The Morgan fingerprint density at radius 1 is 1.10 bits per heavy atom. The van der Waals surface area contributed by atoms with Gasteiger partial charge in [-0.2, -0.15) is 0 Å². The zero-order chi connectivity index (χ0) is 14.8. The first kappa shape index (κ1) is 17.2. The topological polar surface area (TPSA) is 58.3 Å². The summed E-state index contributed by atoms with van der Waals surface area (Å²) >= 11 is 0. The molecule has 1 rings (SSSR count). The Bertz CT molecular complexity index is 336. The summed E-state index contributed by atoms with van der Waals surface area (Å²) in [5.41, 5.74) is 7.27. The van der Waals surface area contributed by atoms with Crippen LogP contribution in [0.3, 0.4) is 0 Å². The van der Waals surface area contributed by atoms with Crippen molar-refractivity contribution in [2.75, 3.05) is 6.54 Å². The normalized spacial score (nSPS) is 14.4. The van der Waals surface area contributed by atoms with Crippen LogP contribution in [0.5, 0.6) is 0 Å². The Morgan fingerprint density at radius 2 is 1.70 bits per heavy atom. The van der Waals surface area contributed by atoms with Crippen LogP contribution in [0.15, 0.2) is 30.3 Å². The molecule has 0 saturated heterocycles. The van der Waals surface area contributed by atoms with Gasteiger partial charge in [-0.05, 0) is 24.8 Å². The summed E-state index contributed by atoms with van der Waals surface area (Å²) in [5, 5.41) is 13.6. The number of rotatable bonds is 10. The summed E-state index contributed by atoms with van der Waals surface area (Å²) in [6.07, 6.45) is 4.89. The third-order valence-electron chi connectivity index (χ3n) is 3.70. The summed E-state index contributed by atoms with van der Waals surface area (Å²) in [6, 6.07) is 10.4. The fourth-order valence-electron chi connectivity index (χ4n) is 2.51. The van der Waals surface area contributed by atoms with E-state index in [4.69, 9.17) is 5.73 Å². The molecule has 1 aromatic carbocycles. The molecule has 0 fully saturated rings. The van der Waals surface area contributed by atoms with E-state index in [9.17, 15) is 5.11 Å². The number of hydrogen-bond acceptors (Lipinski definition) is 3. The summed E-state index contributed by atoms with van der Waals surface area (Å²) in [5.74, 6) is 0. The summed E-state index contributed by atoms with van der Waals surface area (Å²) in [6.45, 7) is 4.97. The van der Waals surface area contributed by atoms with Gasteiger partial charge in [-0.1, -0.05) is 57.0 Å². The van der Waals surface area contributed by atoms with Gasteiger partial charge in [0.05, 0.1) is 6.10 Å². The highest BCUT2D eigenvalue weighted by molar-refractivity contribution is 5.16. The maximum atomic E-state index is 10.2. The molecule has 0 aliphatic heterocycles. The first-order valence-corrected chi connectivity index (χ1v) is 7.88. The largest absolute Gasteiger partial charge is 0.390 e. The van der Waals surface area contributed by atoms with E-state index in [1.807, 2.05) is 18.2 Å². The van der Waals surface area contributed by atoms with Gasteiger partial charge in [0.1, 0.15) is 0 Å². The monoisotopic (exact) mass is 278 g/mol. The highest BCUT2D eigenvalue weighted by atomic mass is 16.3. The van der Waals surface area contributed by atoms with Crippen molar-refractivity contribution in [3.8, 4) is 0 Å². The minimum atomic E-state index is -0.494.